The van der Waals surface area contributed by atoms with Crippen molar-refractivity contribution in [3.05, 3.63) is 59.7 Å². The highest BCUT2D eigenvalue weighted by molar-refractivity contribution is 5.94. The van der Waals surface area contributed by atoms with Crippen molar-refractivity contribution >= 4 is 28.9 Å². The van der Waals surface area contributed by atoms with Crippen molar-refractivity contribution in [2.24, 2.45) is 7.05 Å². The number of fused-ring (bicyclic) bond motifs is 1. The third kappa shape index (κ3) is 3.63. The lowest BCUT2D eigenvalue weighted by molar-refractivity contribution is -0.123. The first-order chi connectivity index (χ1) is 14.9. The minimum Gasteiger partial charge on any atom is -0.465 e. The van der Waals surface area contributed by atoms with Crippen LogP contribution >= 0.6 is 0 Å². The first-order valence-corrected chi connectivity index (χ1v) is 10.2. The first-order valence-electron chi connectivity index (χ1n) is 10.2. The molecule has 0 spiro atoms. The number of hydrogen-bond acceptors (Lipinski definition) is 6. The topological polar surface area (TPSA) is 96.7 Å². The number of carbonyl (C=O) groups excluding carboxylic acids is 2. The summed E-state index contributed by atoms with van der Waals surface area (Å²) in [4.78, 5) is 30.6. The number of amides is 1. The van der Waals surface area contributed by atoms with Crippen molar-refractivity contribution in [3.8, 4) is 0 Å². The number of carbonyl (C=O) groups is 2. The molecule has 2 N–H and O–H groups in total. The van der Waals surface area contributed by atoms with Crippen LogP contribution in [0.15, 0.2) is 48.5 Å². The highest BCUT2D eigenvalue weighted by Gasteiger charge is 2.45. The number of nitrogens with zero attached hydrogens (tertiary/aromatic N) is 3. The van der Waals surface area contributed by atoms with Crippen molar-refractivity contribution in [2.75, 3.05) is 25.1 Å². The molecule has 0 unspecified atom stereocenters. The molecule has 1 aliphatic heterocycles. The predicted octanol–water partition coefficient (Wildman–Crippen LogP) is 1.96. The SMILES string of the molecule is COC(=O)c1ccc2c(c1)nc(N1CC[C@](NC(C)=O)(c3ccccc3)[C@H](O)C1)n2C. The number of nitrogens with one attached hydrogen (secondary N) is 1. The molecule has 4 rings (SSSR count). The van der Waals surface area contributed by atoms with E-state index in [9.17, 15) is 14.7 Å². The van der Waals surface area contributed by atoms with Crippen molar-refractivity contribution < 1.29 is 19.4 Å². The van der Waals surface area contributed by atoms with Crippen molar-refractivity contribution in [3.63, 3.8) is 0 Å². The van der Waals surface area contributed by atoms with Crippen LogP contribution in [0.5, 0.6) is 0 Å². The Bertz CT molecular complexity index is 1130. The molecule has 0 saturated carbocycles. The Morgan fingerprint density at radius 3 is 2.61 bits per heavy atom. The molecule has 0 aliphatic carbocycles. The lowest BCUT2D eigenvalue weighted by Crippen LogP contribution is -2.62. The zero-order chi connectivity index (χ0) is 22.2. The summed E-state index contributed by atoms with van der Waals surface area (Å²) in [5, 5.41) is 14.2. The Kier molecular flexibility index (Phi) is 5.41. The van der Waals surface area contributed by atoms with Gasteiger partial charge in [0.15, 0.2) is 0 Å². The van der Waals surface area contributed by atoms with Gasteiger partial charge in [-0.05, 0) is 30.2 Å². The maximum Gasteiger partial charge on any atom is 0.337 e. The molecule has 162 valence electrons. The van der Waals surface area contributed by atoms with Crippen molar-refractivity contribution in [1.29, 1.82) is 0 Å². The summed E-state index contributed by atoms with van der Waals surface area (Å²) in [5.74, 6) is 0.0976. The van der Waals surface area contributed by atoms with Crippen LogP contribution in [0.25, 0.3) is 11.0 Å². The summed E-state index contributed by atoms with van der Waals surface area (Å²) in [6, 6.07) is 14.8. The van der Waals surface area contributed by atoms with Crippen molar-refractivity contribution in [1.82, 2.24) is 14.9 Å². The van der Waals surface area contributed by atoms with E-state index in [1.54, 1.807) is 12.1 Å². The Hall–Kier alpha value is -3.39. The number of anilines is 1. The van der Waals surface area contributed by atoms with Gasteiger partial charge in [-0.3, -0.25) is 4.79 Å². The third-order valence-electron chi connectivity index (χ3n) is 5.99. The van der Waals surface area contributed by atoms with E-state index in [4.69, 9.17) is 9.72 Å². The molecule has 0 radical (unpaired) electrons. The van der Waals surface area contributed by atoms with Gasteiger partial charge in [0.25, 0.3) is 0 Å². The molecule has 2 atom stereocenters. The fourth-order valence-corrected chi connectivity index (χ4v) is 4.43. The molecule has 1 saturated heterocycles. The second-order valence-electron chi connectivity index (χ2n) is 7.90. The number of benzene rings is 2. The number of hydrogen-bond donors (Lipinski definition) is 2. The van der Waals surface area contributed by atoms with E-state index in [1.165, 1.54) is 14.0 Å². The number of rotatable bonds is 4. The normalized spacial score (nSPS) is 21.2. The largest absolute Gasteiger partial charge is 0.465 e. The van der Waals surface area contributed by atoms with Gasteiger partial charge in [-0.2, -0.15) is 0 Å². The van der Waals surface area contributed by atoms with Gasteiger partial charge in [-0.1, -0.05) is 30.3 Å². The van der Waals surface area contributed by atoms with Crippen LogP contribution in [0.4, 0.5) is 5.95 Å². The number of aromatic nitrogens is 2. The van der Waals surface area contributed by atoms with Gasteiger partial charge in [-0.25, -0.2) is 9.78 Å². The average molecular weight is 422 g/mol. The van der Waals surface area contributed by atoms with Crippen LogP contribution in [0.1, 0.15) is 29.3 Å². The molecule has 1 fully saturated rings. The van der Waals surface area contributed by atoms with E-state index >= 15 is 0 Å². The zero-order valence-corrected chi connectivity index (χ0v) is 17.8. The quantitative estimate of drug-likeness (QED) is 0.624. The van der Waals surface area contributed by atoms with Gasteiger partial charge in [0.1, 0.15) is 0 Å². The van der Waals surface area contributed by atoms with E-state index in [1.807, 2.05) is 52.9 Å². The van der Waals surface area contributed by atoms with Crippen molar-refractivity contribution in [2.45, 2.75) is 25.0 Å². The molecule has 0 bridgehead atoms. The third-order valence-corrected chi connectivity index (χ3v) is 5.99. The predicted molar refractivity (Wildman–Crippen MR) is 117 cm³/mol. The summed E-state index contributed by atoms with van der Waals surface area (Å²) in [5.41, 5.74) is 2.01. The van der Waals surface area contributed by atoms with E-state index in [2.05, 4.69) is 5.32 Å². The van der Waals surface area contributed by atoms with Crippen LogP contribution in [-0.4, -0.2) is 52.8 Å². The number of ether oxygens (including phenoxy) is 1. The Morgan fingerprint density at radius 2 is 1.97 bits per heavy atom. The zero-order valence-electron chi connectivity index (χ0n) is 17.8. The summed E-state index contributed by atoms with van der Waals surface area (Å²) in [6.07, 6.45) is -0.313. The standard InChI is InChI=1S/C23H26N4O4/c1-15(28)25-23(17-7-5-4-6-8-17)11-12-27(14-20(23)29)22-24-18-13-16(21(30)31-3)9-10-19(18)26(22)2/h4-10,13,20,29H,11-12,14H2,1-3H3,(H,25,28)/t20-,23+/m1/s1. The smallest absolute Gasteiger partial charge is 0.337 e. The van der Waals surface area contributed by atoms with Gasteiger partial charge >= 0.3 is 5.97 Å². The highest BCUT2D eigenvalue weighted by atomic mass is 16.5. The van der Waals surface area contributed by atoms with E-state index < -0.39 is 17.6 Å². The second kappa shape index (κ2) is 8.03. The molecule has 1 aliphatic rings. The van der Waals surface area contributed by atoms with Crippen LogP contribution in [-0.2, 0) is 22.1 Å². The summed E-state index contributed by atoms with van der Waals surface area (Å²) >= 11 is 0. The molecule has 2 heterocycles. The Labute approximate surface area is 180 Å². The fraction of sp³-hybridized carbons (Fsp3) is 0.348. The van der Waals surface area contributed by atoms with E-state index in [0.29, 0.717) is 36.5 Å². The maximum absolute atomic E-state index is 12.0. The molecular weight excluding hydrogens is 396 g/mol. The molecule has 1 amide bonds. The molecule has 8 heteroatoms. The van der Waals surface area contributed by atoms with E-state index in [0.717, 1.165) is 11.1 Å². The number of aryl methyl sites for hydroxylation is 1. The summed E-state index contributed by atoms with van der Waals surface area (Å²) in [7, 11) is 3.25. The van der Waals surface area contributed by atoms with Gasteiger partial charge < -0.3 is 24.6 Å². The van der Waals surface area contributed by atoms with Crippen LogP contribution in [0, 0.1) is 0 Å². The van der Waals surface area contributed by atoms with Crippen LogP contribution < -0.4 is 10.2 Å². The highest BCUT2D eigenvalue weighted by Crippen LogP contribution is 2.35. The molecule has 31 heavy (non-hydrogen) atoms. The van der Waals surface area contributed by atoms with Gasteiger partial charge in [0.05, 0.1) is 35.3 Å². The monoisotopic (exact) mass is 422 g/mol. The molecule has 3 aromatic rings. The van der Waals surface area contributed by atoms with Gasteiger partial charge in [0, 0.05) is 27.1 Å². The maximum atomic E-state index is 12.0. The number of imidazole rings is 1. The minimum absolute atomic E-state index is 0.186. The lowest BCUT2D eigenvalue weighted by atomic mass is 9.78. The van der Waals surface area contributed by atoms with E-state index in [-0.39, 0.29) is 5.91 Å². The fourth-order valence-electron chi connectivity index (χ4n) is 4.43. The second-order valence-corrected chi connectivity index (χ2v) is 7.90. The lowest BCUT2D eigenvalue weighted by Gasteiger charge is -2.46. The molecule has 8 nitrogen and oxygen atoms in total. The van der Waals surface area contributed by atoms with Gasteiger partial charge in [-0.15, -0.1) is 0 Å². The molecular formula is C23H26N4O4. The number of β-amino-alcohol motifs (C(OH)–C–C–N with tert-alkyl or cyclic N) is 1. The Morgan fingerprint density at radius 1 is 1.23 bits per heavy atom. The summed E-state index contributed by atoms with van der Waals surface area (Å²) < 4.78 is 6.74. The van der Waals surface area contributed by atoms with Crippen LogP contribution in [0.2, 0.25) is 0 Å². The van der Waals surface area contributed by atoms with Crippen LogP contribution in [0.3, 0.4) is 0 Å². The first kappa shape index (κ1) is 20.9. The number of esters is 1. The van der Waals surface area contributed by atoms with Gasteiger partial charge in [0.2, 0.25) is 11.9 Å². The number of methoxy groups -OCH3 is 1. The minimum atomic E-state index is -0.855. The Balaban J connectivity index is 1.66. The number of aliphatic hydroxyl groups is 1. The molecule has 1 aromatic heterocycles. The number of piperidine rings is 1. The molecule has 2 aromatic carbocycles. The average Bonchev–Trinajstić information content (AvgIpc) is 3.10. The number of aliphatic hydroxyl groups excluding tert-OH is 1. The summed E-state index contributed by atoms with van der Waals surface area (Å²) in [6.45, 7) is 2.36.